The Labute approximate surface area is 703 Å². The van der Waals surface area contributed by atoms with Gasteiger partial charge < -0.3 is 41.2 Å². The number of benzene rings is 8. The van der Waals surface area contributed by atoms with Crippen LogP contribution in [0.1, 0.15) is 141 Å². The highest BCUT2D eigenvalue weighted by atomic mass is 16.6. The number of alkyl carbamates (subject to hydrolysis) is 2. The highest BCUT2D eigenvalue weighted by Crippen LogP contribution is 2.46. The lowest BCUT2D eigenvalue weighted by atomic mass is 9.81. The van der Waals surface area contributed by atoms with Crippen molar-refractivity contribution >= 4 is 95.0 Å². The minimum absolute atomic E-state index is 0.0190. The molecule has 0 radical (unpaired) electrons. The number of ether oxygens (including phenoxy) is 2. The van der Waals surface area contributed by atoms with Crippen molar-refractivity contribution in [3.05, 3.63) is 251 Å². The molecule has 28 heteroatoms. The zero-order valence-corrected chi connectivity index (χ0v) is 68.4. The van der Waals surface area contributed by atoms with Gasteiger partial charge in [-0.25, -0.2) is 40.0 Å². The van der Waals surface area contributed by atoms with Crippen LogP contribution in [0.15, 0.2) is 226 Å². The summed E-state index contributed by atoms with van der Waals surface area (Å²) in [7, 11) is 3.33. The van der Waals surface area contributed by atoms with Gasteiger partial charge in [-0.2, -0.15) is 10.2 Å². The molecular formula is C93H103N15O13. The van der Waals surface area contributed by atoms with E-state index in [-0.39, 0.29) is 60.6 Å². The molecule has 11 amide bonds. The quantitative estimate of drug-likeness (QED) is 0.0188. The van der Waals surface area contributed by atoms with Crippen molar-refractivity contribution in [3.8, 4) is 22.3 Å². The van der Waals surface area contributed by atoms with Gasteiger partial charge in [0.1, 0.15) is 26.3 Å². The summed E-state index contributed by atoms with van der Waals surface area (Å²) >= 11 is 0. The zero-order chi connectivity index (χ0) is 85.3. The number of carboxylic acid groups (broad SMARTS) is 1. The maximum Gasteiger partial charge on any atom is 0.409 e. The Kier molecular flexibility index (Phi) is 30.2. The van der Waals surface area contributed by atoms with Crippen LogP contribution < -0.4 is 57.9 Å². The van der Waals surface area contributed by atoms with Crippen LogP contribution in [0, 0.1) is 29.6 Å². The molecule has 14 rings (SSSR count). The van der Waals surface area contributed by atoms with Gasteiger partial charge in [-0.05, 0) is 139 Å². The van der Waals surface area contributed by atoms with E-state index in [1.165, 1.54) is 11.1 Å². The average molecular weight is 1640 g/mol. The van der Waals surface area contributed by atoms with Crippen LogP contribution in [0.2, 0.25) is 0 Å². The normalized spacial score (nSPS) is 18.7. The number of nitrogens with one attached hydrogen (secondary N) is 9. The number of carbonyl (C=O) groups excluding carboxylic acids is 9. The van der Waals surface area contributed by atoms with E-state index in [2.05, 4.69) is 82.3 Å². The van der Waals surface area contributed by atoms with Crippen molar-refractivity contribution in [2.24, 2.45) is 49.8 Å². The van der Waals surface area contributed by atoms with Gasteiger partial charge >= 0.3 is 30.2 Å². The largest absolute Gasteiger partial charge is 0.480 e. The summed E-state index contributed by atoms with van der Waals surface area (Å²) in [4.78, 5) is 140. The third kappa shape index (κ3) is 22.2. The molecule has 2 unspecified atom stereocenters. The van der Waals surface area contributed by atoms with E-state index in [1.807, 2.05) is 172 Å². The second-order valence-corrected chi connectivity index (χ2v) is 30.5. The molecule has 2 heterocycles. The summed E-state index contributed by atoms with van der Waals surface area (Å²) in [5, 5.41) is 36.8. The number of nitrogens with zero attached hydrogens (tertiary/aromatic N) is 6. The molecule has 0 bridgehead atoms. The lowest BCUT2D eigenvalue weighted by Crippen LogP contribution is -2.51. The van der Waals surface area contributed by atoms with Crippen LogP contribution in [-0.2, 0) is 38.2 Å². The SMILES string of the molecule is CC[C@@H](/C=N/NC(=O)NCC1CCC(C(=O)NC)CC1)NC(=O)CN1C(=O)C(NC(=O)OCC2c3ccccc3-c3ccccc32)N=C(c2ccccc2)c2ccccc21.CC[C@H](C)/C=N/NC(=O)NCC1CCC(C(=O)NC)CC1.O=C(O)CN1C(=O)C(NC(=O)OCC2c3ccccc3-c3ccccc32)N=C(c2ccccc2)c2ccccc21. The van der Waals surface area contributed by atoms with Gasteiger partial charge in [0.25, 0.3) is 11.8 Å². The smallest absolute Gasteiger partial charge is 0.409 e. The number of hydrogen-bond acceptors (Lipinski definition) is 16. The first-order valence-electron chi connectivity index (χ1n) is 41.2. The van der Waals surface area contributed by atoms with Crippen molar-refractivity contribution < 1.29 is 62.5 Å². The molecule has 28 nitrogen and oxygen atoms in total. The second-order valence-electron chi connectivity index (χ2n) is 30.5. The van der Waals surface area contributed by atoms with Gasteiger partial charge in [0.15, 0.2) is 0 Å². The van der Waals surface area contributed by atoms with Crippen molar-refractivity contribution in [1.29, 1.82) is 0 Å². The number of fused-ring (bicyclic) bond motifs is 8. The third-order valence-electron chi connectivity index (χ3n) is 22.7. The van der Waals surface area contributed by atoms with E-state index >= 15 is 0 Å². The van der Waals surface area contributed by atoms with Crippen molar-refractivity contribution in [2.75, 3.05) is 63.3 Å². The van der Waals surface area contributed by atoms with Gasteiger partial charge in [-0.3, -0.25) is 49.2 Å². The Balaban J connectivity index is 0.000000188. The highest BCUT2D eigenvalue weighted by molar-refractivity contribution is 6.22. The number of rotatable bonds is 25. The minimum atomic E-state index is -1.42. The van der Waals surface area contributed by atoms with Crippen molar-refractivity contribution in [2.45, 2.75) is 115 Å². The van der Waals surface area contributed by atoms with Crippen molar-refractivity contribution in [3.63, 3.8) is 0 Å². The topological polar surface area (TPSA) is 374 Å². The number of para-hydroxylation sites is 2. The number of benzodiazepines with no additional fused rings is 2. The van der Waals surface area contributed by atoms with Crippen LogP contribution in [-0.4, -0.2) is 161 Å². The molecule has 2 fully saturated rings. The Morgan fingerprint density at radius 2 is 0.818 bits per heavy atom. The molecule has 2 aliphatic heterocycles. The molecule has 0 aromatic heterocycles. The first-order chi connectivity index (χ1) is 58.8. The van der Waals surface area contributed by atoms with E-state index in [0.29, 0.717) is 65.3 Å². The first kappa shape index (κ1) is 86.7. The summed E-state index contributed by atoms with van der Waals surface area (Å²) in [6.45, 7) is 6.22. The highest BCUT2D eigenvalue weighted by Gasteiger charge is 2.39. The average Bonchev–Trinajstić information content (AvgIpc) is 1.62. The number of carbonyl (C=O) groups is 10. The predicted molar refractivity (Wildman–Crippen MR) is 464 cm³/mol. The lowest BCUT2D eigenvalue weighted by molar-refractivity contribution is -0.137. The van der Waals surface area contributed by atoms with Gasteiger partial charge in [0, 0.05) is 85.5 Å². The van der Waals surface area contributed by atoms with Gasteiger partial charge in [0.05, 0.1) is 28.8 Å². The van der Waals surface area contributed by atoms with Crippen LogP contribution in [0.25, 0.3) is 22.3 Å². The van der Waals surface area contributed by atoms with E-state index in [1.54, 1.807) is 56.7 Å². The fourth-order valence-electron chi connectivity index (χ4n) is 16.0. The Morgan fingerprint density at radius 3 is 1.19 bits per heavy atom. The molecule has 6 aliphatic rings. The number of aliphatic imine (C=N–C) groups is 2. The van der Waals surface area contributed by atoms with E-state index in [4.69, 9.17) is 14.5 Å². The minimum Gasteiger partial charge on any atom is -0.480 e. The molecular weight excluding hydrogens is 1540 g/mol. The molecule has 8 aromatic carbocycles. The number of amides is 11. The maximum absolute atomic E-state index is 14.5. The number of anilines is 2. The van der Waals surface area contributed by atoms with Gasteiger partial charge in [-0.1, -0.05) is 215 Å². The molecule has 10 N–H and O–H groups in total. The number of aliphatic carboxylic acids is 1. The van der Waals surface area contributed by atoms with Gasteiger partial charge in [-0.15, -0.1) is 0 Å². The summed E-state index contributed by atoms with van der Waals surface area (Å²) < 4.78 is 11.5. The maximum atomic E-state index is 14.5. The second kappa shape index (κ2) is 42.1. The zero-order valence-electron chi connectivity index (χ0n) is 68.4. The summed E-state index contributed by atoms with van der Waals surface area (Å²) in [5.74, 6) is -1.86. The molecule has 0 saturated heterocycles. The van der Waals surface area contributed by atoms with Crippen LogP contribution in [0.5, 0.6) is 0 Å². The van der Waals surface area contributed by atoms with E-state index < -0.39 is 73.4 Å². The van der Waals surface area contributed by atoms with E-state index in [9.17, 15) is 53.1 Å². The number of hydrazone groups is 2. The van der Waals surface area contributed by atoms with E-state index in [0.717, 1.165) is 118 Å². The van der Waals surface area contributed by atoms with Crippen LogP contribution >= 0.6 is 0 Å². The first-order valence-corrected chi connectivity index (χ1v) is 41.2. The monoisotopic (exact) mass is 1640 g/mol. The predicted octanol–water partition coefficient (Wildman–Crippen LogP) is 12.2. The summed E-state index contributed by atoms with van der Waals surface area (Å²) in [5.41, 5.74) is 17.9. The molecule has 2 saturated carbocycles. The lowest BCUT2D eigenvalue weighted by Gasteiger charge is -2.27. The fourth-order valence-corrected chi connectivity index (χ4v) is 16.0. The molecule has 8 aromatic rings. The summed E-state index contributed by atoms with van der Waals surface area (Å²) in [6.07, 6.45) is 7.20. The molecule has 0 spiro atoms. The molecule has 4 atom stereocenters. The summed E-state index contributed by atoms with van der Waals surface area (Å²) in [6, 6.07) is 63.4. The molecule has 4 aliphatic carbocycles. The third-order valence-corrected chi connectivity index (χ3v) is 22.7. The molecule has 628 valence electrons. The number of carboxylic acids is 1. The Hall–Kier alpha value is -13.7. The Bertz CT molecular complexity index is 5070. The fraction of sp³-hybridized carbons (Fsp3) is 0.333. The Morgan fingerprint density at radius 1 is 0.463 bits per heavy atom. The number of hydrogen-bond donors (Lipinski definition) is 10. The van der Waals surface area contributed by atoms with Crippen LogP contribution in [0.4, 0.5) is 30.6 Å². The molecule has 121 heavy (non-hydrogen) atoms. The van der Waals surface area contributed by atoms with Gasteiger partial charge in [0.2, 0.25) is 30.1 Å². The van der Waals surface area contributed by atoms with Crippen molar-refractivity contribution in [1.82, 2.24) is 48.1 Å². The number of urea groups is 2. The van der Waals surface area contributed by atoms with Crippen LogP contribution in [0.3, 0.4) is 0 Å². The standard InChI is InChI=1S/C46H50N8O6.C32H25N3O5.C15H28N4O2/c1-3-32(26-49-53-45(58)48-25-29-21-23-31(24-22-29)43(56)47-2)50-40(55)27-54-39-20-12-11-19-37(39)41(30-13-5-4-6-14-30)51-42(44(54)57)52-46(59)60-28-38-35-17-9-7-15-33(35)34-16-8-10-18-36(34)38;36-28(37)18-35-27-17-9-8-16-25(27)29(20-10-2-1-3-11-20)33-30(31(35)38)34-32(39)40-19-26-23-14-6-4-12-21(23)22-13-5-7-15-24(22)26;1-4-11(2)9-18-19-15(21)17-10-12-5-7-13(8-6-12)14(20)16-3/h4-20,26,29,31-32,38,42H,3,21-25,27-28H2,1-2H3,(H,47,56)(H,50,55)(H,52,59)(H2,48,53,58);1-17,26,30H,18-19H2,(H,34,39)(H,36,37);9,11-13H,4-8,10H2,1-3H3,(H,16,20)(H2,17,19,21)/b49-26+;;18-9+/t29?,31?,32-,42?;;11-,12?,13?/m0.0/s1.